The molecular weight excluding hydrogens is 399 g/mol. The number of carbonyl (C=O) groups excluding carboxylic acids is 1. The van der Waals surface area contributed by atoms with Crippen LogP contribution in [0.15, 0.2) is 53.0 Å². The first kappa shape index (κ1) is 18.9. The molecule has 1 saturated heterocycles. The minimum Gasteiger partial charge on any atom is -0.478 e. The summed E-state index contributed by atoms with van der Waals surface area (Å²) in [6.07, 6.45) is -0.716. The van der Waals surface area contributed by atoms with Crippen molar-refractivity contribution in [1.29, 1.82) is 0 Å². The van der Waals surface area contributed by atoms with Gasteiger partial charge >= 0.3 is 0 Å². The number of benzene rings is 2. The maximum absolute atomic E-state index is 13.9. The van der Waals surface area contributed by atoms with Crippen LogP contribution in [0.5, 0.6) is 5.75 Å². The molecule has 1 amide bonds. The molecule has 6 heteroatoms. The van der Waals surface area contributed by atoms with E-state index in [2.05, 4.69) is 33.0 Å². The van der Waals surface area contributed by atoms with E-state index in [9.17, 15) is 9.18 Å². The number of hydrogen-bond donors (Lipinski definition) is 0. The predicted octanol–water partition coefficient (Wildman–Crippen LogP) is 3.70. The van der Waals surface area contributed by atoms with E-state index in [-0.39, 0.29) is 11.7 Å². The fraction of sp³-hybridized carbons (Fsp3) is 0.350. The lowest BCUT2D eigenvalue weighted by atomic mass is 10.2. The van der Waals surface area contributed by atoms with Gasteiger partial charge in [0, 0.05) is 37.2 Å². The lowest BCUT2D eigenvalue weighted by Crippen LogP contribution is -2.51. The second kappa shape index (κ2) is 8.64. The molecule has 138 valence electrons. The monoisotopic (exact) mass is 420 g/mol. The molecule has 0 bridgehead atoms. The molecule has 4 nitrogen and oxygen atoms in total. The molecule has 1 fully saturated rings. The van der Waals surface area contributed by atoms with Gasteiger partial charge in [0.2, 0.25) is 0 Å². The van der Waals surface area contributed by atoms with Crippen molar-refractivity contribution in [2.45, 2.75) is 19.6 Å². The number of rotatable bonds is 5. The Bertz CT molecular complexity index is 749. The largest absolute Gasteiger partial charge is 0.478 e. The Morgan fingerprint density at radius 2 is 1.85 bits per heavy atom. The lowest BCUT2D eigenvalue weighted by molar-refractivity contribution is -0.139. The number of amides is 1. The Labute approximate surface area is 161 Å². The van der Waals surface area contributed by atoms with E-state index < -0.39 is 11.9 Å². The molecule has 0 N–H and O–H groups in total. The SMILES string of the molecule is C[C@H](Oc1ccc(Br)cc1F)C(=O)N1CCN(Cc2ccccc2)CC1. The van der Waals surface area contributed by atoms with Crippen molar-refractivity contribution in [3.05, 3.63) is 64.4 Å². The van der Waals surface area contributed by atoms with Gasteiger partial charge in [-0.05, 0) is 30.7 Å². The first-order chi connectivity index (χ1) is 12.5. The summed E-state index contributed by atoms with van der Waals surface area (Å²) in [7, 11) is 0. The van der Waals surface area contributed by atoms with Gasteiger partial charge in [0.25, 0.3) is 5.91 Å². The van der Waals surface area contributed by atoms with Crippen molar-refractivity contribution in [2.24, 2.45) is 0 Å². The fourth-order valence-corrected chi connectivity index (χ4v) is 3.37. The molecule has 1 aliphatic heterocycles. The summed E-state index contributed by atoms with van der Waals surface area (Å²) >= 11 is 3.21. The summed E-state index contributed by atoms with van der Waals surface area (Å²) in [5.74, 6) is -0.491. The molecule has 0 spiro atoms. The molecule has 1 atom stereocenters. The van der Waals surface area contributed by atoms with Gasteiger partial charge in [0.1, 0.15) is 0 Å². The van der Waals surface area contributed by atoms with Crippen molar-refractivity contribution in [1.82, 2.24) is 9.80 Å². The number of halogens is 2. The Morgan fingerprint density at radius 3 is 2.50 bits per heavy atom. The van der Waals surface area contributed by atoms with Crippen molar-refractivity contribution in [3.63, 3.8) is 0 Å². The van der Waals surface area contributed by atoms with E-state index in [1.165, 1.54) is 17.7 Å². The van der Waals surface area contributed by atoms with Crippen LogP contribution in [0.25, 0.3) is 0 Å². The van der Waals surface area contributed by atoms with Crippen molar-refractivity contribution >= 4 is 21.8 Å². The van der Waals surface area contributed by atoms with Crippen molar-refractivity contribution in [2.75, 3.05) is 26.2 Å². The Hall–Kier alpha value is -1.92. The molecule has 1 aliphatic rings. The molecule has 2 aromatic carbocycles. The summed E-state index contributed by atoms with van der Waals surface area (Å²) in [6, 6.07) is 14.9. The third-order valence-electron chi connectivity index (χ3n) is 4.48. The zero-order valence-electron chi connectivity index (χ0n) is 14.7. The van der Waals surface area contributed by atoms with E-state index in [0.717, 1.165) is 19.6 Å². The van der Waals surface area contributed by atoms with E-state index in [1.807, 2.05) is 18.2 Å². The van der Waals surface area contributed by atoms with Gasteiger partial charge in [-0.15, -0.1) is 0 Å². The van der Waals surface area contributed by atoms with Crippen molar-refractivity contribution in [3.8, 4) is 5.75 Å². The summed E-state index contributed by atoms with van der Waals surface area (Å²) in [5.41, 5.74) is 1.27. The maximum atomic E-state index is 13.9. The smallest absolute Gasteiger partial charge is 0.263 e. The van der Waals surface area contributed by atoms with Crippen LogP contribution in [0.1, 0.15) is 12.5 Å². The quantitative estimate of drug-likeness (QED) is 0.738. The first-order valence-electron chi connectivity index (χ1n) is 8.69. The number of piperazine rings is 1. The van der Waals surface area contributed by atoms with Crippen molar-refractivity contribution < 1.29 is 13.9 Å². The zero-order valence-corrected chi connectivity index (χ0v) is 16.3. The van der Waals surface area contributed by atoms with Crippen LogP contribution in [0.3, 0.4) is 0 Å². The topological polar surface area (TPSA) is 32.8 Å². The minimum absolute atomic E-state index is 0.0942. The van der Waals surface area contributed by atoms with E-state index in [1.54, 1.807) is 17.9 Å². The van der Waals surface area contributed by atoms with Crippen LogP contribution >= 0.6 is 15.9 Å². The lowest BCUT2D eigenvalue weighted by Gasteiger charge is -2.35. The zero-order chi connectivity index (χ0) is 18.5. The number of ether oxygens (including phenoxy) is 1. The molecule has 0 aliphatic carbocycles. The van der Waals surface area contributed by atoms with Crippen LogP contribution < -0.4 is 4.74 Å². The van der Waals surface area contributed by atoms with Gasteiger partial charge in [0.05, 0.1) is 0 Å². The van der Waals surface area contributed by atoms with Crippen LogP contribution in [-0.4, -0.2) is 48.0 Å². The third kappa shape index (κ3) is 4.83. The second-order valence-corrected chi connectivity index (χ2v) is 7.34. The highest BCUT2D eigenvalue weighted by Gasteiger charge is 2.26. The highest BCUT2D eigenvalue weighted by atomic mass is 79.9. The second-order valence-electron chi connectivity index (χ2n) is 6.42. The van der Waals surface area contributed by atoms with E-state index in [0.29, 0.717) is 17.6 Å². The van der Waals surface area contributed by atoms with Crippen LogP contribution in [-0.2, 0) is 11.3 Å². The van der Waals surface area contributed by atoms with Gasteiger partial charge in [-0.25, -0.2) is 4.39 Å². The highest BCUT2D eigenvalue weighted by Crippen LogP contribution is 2.23. The standard InChI is InChI=1S/C20H22BrFN2O2/c1-15(26-19-8-7-17(21)13-18(19)22)20(25)24-11-9-23(10-12-24)14-16-5-3-2-4-6-16/h2-8,13,15H,9-12,14H2,1H3/t15-/m0/s1. The van der Waals surface area contributed by atoms with Gasteiger partial charge in [0.15, 0.2) is 17.7 Å². The normalized spacial score (nSPS) is 16.3. The van der Waals surface area contributed by atoms with E-state index >= 15 is 0 Å². The number of carbonyl (C=O) groups is 1. The van der Waals surface area contributed by atoms with Gasteiger partial charge in [-0.1, -0.05) is 46.3 Å². The molecule has 2 aromatic rings. The molecule has 0 aromatic heterocycles. The fourth-order valence-electron chi connectivity index (χ4n) is 3.04. The van der Waals surface area contributed by atoms with Gasteiger partial charge < -0.3 is 9.64 Å². The Balaban J connectivity index is 1.51. The third-order valence-corrected chi connectivity index (χ3v) is 4.97. The highest BCUT2D eigenvalue weighted by molar-refractivity contribution is 9.10. The summed E-state index contributed by atoms with van der Waals surface area (Å²) in [6.45, 7) is 5.50. The Morgan fingerprint density at radius 1 is 1.15 bits per heavy atom. The molecule has 1 heterocycles. The van der Waals surface area contributed by atoms with Crippen LogP contribution in [0.2, 0.25) is 0 Å². The molecule has 26 heavy (non-hydrogen) atoms. The van der Waals surface area contributed by atoms with Crippen LogP contribution in [0.4, 0.5) is 4.39 Å². The Kier molecular flexibility index (Phi) is 6.27. The molecule has 3 rings (SSSR count). The molecular formula is C20H22BrFN2O2. The number of nitrogens with zero attached hydrogens (tertiary/aromatic N) is 2. The van der Waals surface area contributed by atoms with E-state index in [4.69, 9.17) is 4.74 Å². The molecule has 0 radical (unpaired) electrons. The van der Waals surface area contributed by atoms with Gasteiger partial charge in [-0.2, -0.15) is 0 Å². The average molecular weight is 421 g/mol. The summed E-state index contributed by atoms with van der Waals surface area (Å²) in [5, 5.41) is 0. The van der Waals surface area contributed by atoms with Crippen LogP contribution in [0, 0.1) is 5.82 Å². The molecule has 0 unspecified atom stereocenters. The van der Waals surface area contributed by atoms with Gasteiger partial charge in [-0.3, -0.25) is 9.69 Å². The summed E-state index contributed by atoms with van der Waals surface area (Å²) < 4.78 is 20.1. The summed E-state index contributed by atoms with van der Waals surface area (Å²) in [4.78, 5) is 16.7. The first-order valence-corrected chi connectivity index (χ1v) is 9.49. The predicted molar refractivity (Wildman–Crippen MR) is 102 cm³/mol. The minimum atomic E-state index is -0.716. The maximum Gasteiger partial charge on any atom is 0.263 e. The number of hydrogen-bond acceptors (Lipinski definition) is 3. The molecule has 0 saturated carbocycles. The average Bonchev–Trinajstić information content (AvgIpc) is 2.65.